The van der Waals surface area contributed by atoms with Gasteiger partial charge in [-0.1, -0.05) is 33.6 Å². The van der Waals surface area contributed by atoms with Crippen molar-refractivity contribution in [3.63, 3.8) is 0 Å². The highest BCUT2D eigenvalue weighted by Gasteiger charge is 2.26. The minimum Gasteiger partial charge on any atom is -0.202 e. The lowest BCUT2D eigenvalue weighted by Crippen LogP contribution is -2.07. The highest BCUT2D eigenvalue weighted by Crippen LogP contribution is 2.34. The molecule has 0 fully saturated rings. The maximum Gasteiger partial charge on any atom is 0.271 e. The van der Waals surface area contributed by atoms with Gasteiger partial charge >= 0.3 is 0 Å². The first kappa shape index (κ1) is 9.93. The van der Waals surface area contributed by atoms with E-state index < -0.39 is 5.92 Å². The Kier molecular flexibility index (Phi) is 2.74. The van der Waals surface area contributed by atoms with E-state index in [1.807, 2.05) is 0 Å². The fraction of sp³-hybridized carbons (Fsp3) is 0.250. The second kappa shape index (κ2) is 3.30. The van der Waals surface area contributed by atoms with Gasteiger partial charge in [0, 0.05) is 22.0 Å². The molecule has 0 N–H and O–H groups in total. The molecule has 0 heterocycles. The maximum absolute atomic E-state index is 12.8. The standard InChI is InChI=1S/C8H6BrClF2/c1-8(11,12)6-3-2-5(10)4-7(6)9/h2-4H,1H3. The van der Waals surface area contributed by atoms with Crippen LogP contribution in [-0.2, 0) is 5.92 Å². The Morgan fingerprint density at radius 3 is 2.42 bits per heavy atom. The molecule has 4 heteroatoms. The highest BCUT2D eigenvalue weighted by atomic mass is 79.9. The average molecular weight is 255 g/mol. The van der Waals surface area contributed by atoms with Gasteiger partial charge in [-0.15, -0.1) is 0 Å². The second-order valence-electron chi connectivity index (χ2n) is 2.51. The molecule has 0 radical (unpaired) electrons. The third-order valence-corrected chi connectivity index (χ3v) is 2.30. The van der Waals surface area contributed by atoms with Crippen LogP contribution in [0.2, 0.25) is 5.02 Å². The van der Waals surface area contributed by atoms with E-state index in [9.17, 15) is 8.78 Å². The van der Waals surface area contributed by atoms with E-state index in [1.54, 1.807) is 0 Å². The minimum absolute atomic E-state index is 0.0492. The molecule has 0 atom stereocenters. The molecule has 0 spiro atoms. The van der Waals surface area contributed by atoms with Crippen LogP contribution in [0.5, 0.6) is 0 Å². The van der Waals surface area contributed by atoms with Crippen LogP contribution in [0.25, 0.3) is 0 Å². The monoisotopic (exact) mass is 254 g/mol. The maximum atomic E-state index is 12.8. The average Bonchev–Trinajstić information content (AvgIpc) is 1.83. The number of halogens is 4. The Morgan fingerprint density at radius 2 is 2.00 bits per heavy atom. The molecule has 0 aliphatic heterocycles. The Bertz CT molecular complexity index is 294. The highest BCUT2D eigenvalue weighted by molar-refractivity contribution is 9.10. The van der Waals surface area contributed by atoms with Crippen LogP contribution in [0, 0.1) is 0 Å². The molecule has 12 heavy (non-hydrogen) atoms. The van der Waals surface area contributed by atoms with E-state index in [0.29, 0.717) is 9.50 Å². The molecule has 0 saturated carbocycles. The predicted molar refractivity (Wildman–Crippen MR) is 48.7 cm³/mol. The fourth-order valence-electron chi connectivity index (χ4n) is 0.845. The molecule has 1 aromatic rings. The summed E-state index contributed by atoms with van der Waals surface area (Å²) in [5, 5.41) is 0.440. The molecule has 0 aromatic heterocycles. The van der Waals surface area contributed by atoms with Crippen molar-refractivity contribution in [1.29, 1.82) is 0 Å². The van der Waals surface area contributed by atoms with Crippen molar-refractivity contribution >= 4 is 27.5 Å². The lowest BCUT2D eigenvalue weighted by Gasteiger charge is -2.12. The molecular weight excluding hydrogens is 249 g/mol. The second-order valence-corrected chi connectivity index (χ2v) is 3.80. The Balaban J connectivity index is 3.19. The van der Waals surface area contributed by atoms with Gasteiger partial charge in [0.1, 0.15) is 0 Å². The van der Waals surface area contributed by atoms with Crippen LogP contribution >= 0.6 is 27.5 Å². The third-order valence-electron chi connectivity index (χ3n) is 1.40. The minimum atomic E-state index is -2.83. The van der Waals surface area contributed by atoms with Crippen LogP contribution in [-0.4, -0.2) is 0 Å². The summed E-state index contributed by atoms with van der Waals surface area (Å²) < 4.78 is 25.9. The third kappa shape index (κ3) is 2.17. The van der Waals surface area contributed by atoms with Crippen molar-refractivity contribution in [1.82, 2.24) is 0 Å². The first-order chi connectivity index (χ1) is 5.41. The van der Waals surface area contributed by atoms with Crippen molar-refractivity contribution < 1.29 is 8.78 Å². The number of alkyl halides is 2. The Morgan fingerprint density at radius 1 is 1.42 bits per heavy atom. The van der Waals surface area contributed by atoms with E-state index in [2.05, 4.69) is 15.9 Å². The molecule has 0 amide bonds. The molecule has 1 aromatic carbocycles. The summed E-state index contributed by atoms with van der Waals surface area (Å²) in [5.41, 5.74) is -0.0492. The van der Waals surface area contributed by atoms with Crippen molar-refractivity contribution in [2.45, 2.75) is 12.8 Å². The normalized spacial score (nSPS) is 11.8. The van der Waals surface area contributed by atoms with E-state index in [-0.39, 0.29) is 5.56 Å². The number of benzene rings is 1. The van der Waals surface area contributed by atoms with Crippen LogP contribution < -0.4 is 0 Å². The number of hydrogen-bond donors (Lipinski definition) is 0. The molecule has 0 bridgehead atoms. The van der Waals surface area contributed by atoms with Crippen LogP contribution in [0.15, 0.2) is 22.7 Å². The Hall–Kier alpha value is -0.150. The fourth-order valence-corrected chi connectivity index (χ4v) is 1.88. The molecule has 1 rings (SSSR count). The number of hydrogen-bond acceptors (Lipinski definition) is 0. The van der Waals surface area contributed by atoms with Gasteiger partial charge in [0.15, 0.2) is 0 Å². The Labute approximate surface area is 82.7 Å². The molecule has 0 nitrogen and oxygen atoms in total. The van der Waals surface area contributed by atoms with E-state index >= 15 is 0 Å². The van der Waals surface area contributed by atoms with Crippen molar-refractivity contribution in [3.8, 4) is 0 Å². The van der Waals surface area contributed by atoms with Crippen LogP contribution in [0.4, 0.5) is 8.78 Å². The summed E-state index contributed by atoms with van der Waals surface area (Å²) in [4.78, 5) is 0. The van der Waals surface area contributed by atoms with Gasteiger partial charge in [-0.25, -0.2) is 8.78 Å². The zero-order valence-electron chi connectivity index (χ0n) is 6.24. The smallest absolute Gasteiger partial charge is 0.202 e. The summed E-state index contributed by atoms with van der Waals surface area (Å²) in [5.74, 6) is -2.83. The predicted octanol–water partition coefficient (Wildman–Crippen LogP) is 4.21. The SMILES string of the molecule is CC(F)(F)c1ccc(Cl)cc1Br. The largest absolute Gasteiger partial charge is 0.271 e. The van der Waals surface area contributed by atoms with Gasteiger partial charge < -0.3 is 0 Å². The van der Waals surface area contributed by atoms with Gasteiger partial charge in [-0.3, -0.25) is 0 Å². The molecule has 66 valence electrons. The van der Waals surface area contributed by atoms with Crippen molar-refractivity contribution in [2.75, 3.05) is 0 Å². The van der Waals surface area contributed by atoms with Gasteiger partial charge in [-0.05, 0) is 12.1 Å². The van der Waals surface area contributed by atoms with Crippen molar-refractivity contribution in [3.05, 3.63) is 33.3 Å². The molecule has 0 saturated heterocycles. The first-order valence-electron chi connectivity index (χ1n) is 3.24. The lowest BCUT2D eigenvalue weighted by molar-refractivity contribution is 0.0167. The quantitative estimate of drug-likeness (QED) is 0.705. The van der Waals surface area contributed by atoms with E-state index in [4.69, 9.17) is 11.6 Å². The van der Waals surface area contributed by atoms with Gasteiger partial charge in [0.25, 0.3) is 5.92 Å². The van der Waals surface area contributed by atoms with Gasteiger partial charge in [-0.2, -0.15) is 0 Å². The molecule has 0 unspecified atom stereocenters. The summed E-state index contributed by atoms with van der Waals surface area (Å²) >= 11 is 8.61. The van der Waals surface area contributed by atoms with E-state index in [0.717, 1.165) is 6.92 Å². The first-order valence-corrected chi connectivity index (χ1v) is 4.41. The van der Waals surface area contributed by atoms with E-state index in [1.165, 1.54) is 18.2 Å². The molecular formula is C8H6BrClF2. The topological polar surface area (TPSA) is 0 Å². The summed E-state index contributed by atoms with van der Waals surface area (Å²) in [6, 6.07) is 4.21. The summed E-state index contributed by atoms with van der Waals surface area (Å²) in [7, 11) is 0. The van der Waals surface area contributed by atoms with Gasteiger partial charge in [0.05, 0.1) is 0 Å². The van der Waals surface area contributed by atoms with Crippen LogP contribution in [0.1, 0.15) is 12.5 Å². The summed E-state index contributed by atoms with van der Waals surface area (Å²) in [6.07, 6.45) is 0. The number of rotatable bonds is 1. The lowest BCUT2D eigenvalue weighted by atomic mass is 10.1. The van der Waals surface area contributed by atoms with Gasteiger partial charge in [0.2, 0.25) is 0 Å². The molecule has 0 aliphatic carbocycles. The zero-order valence-corrected chi connectivity index (χ0v) is 8.59. The van der Waals surface area contributed by atoms with Crippen molar-refractivity contribution in [2.24, 2.45) is 0 Å². The van der Waals surface area contributed by atoms with Crippen LogP contribution in [0.3, 0.4) is 0 Å². The summed E-state index contributed by atoms with van der Waals surface area (Å²) in [6.45, 7) is 0.848. The molecule has 0 aliphatic rings. The zero-order chi connectivity index (χ0) is 9.35.